The van der Waals surface area contributed by atoms with Crippen LogP contribution in [-0.2, 0) is 0 Å². The van der Waals surface area contributed by atoms with E-state index in [0.29, 0.717) is 18.2 Å². The zero-order chi connectivity index (χ0) is 59.1. The second-order valence-corrected chi connectivity index (χ2v) is 20.5. The van der Waals surface area contributed by atoms with Crippen LogP contribution >= 0.6 is 15.9 Å². The maximum absolute atomic E-state index is 6.75. The van der Waals surface area contributed by atoms with E-state index in [1.807, 2.05) is 12.1 Å². The molecule has 0 saturated heterocycles. The fraction of sp³-hybridized carbons (Fsp3) is 0.312. The van der Waals surface area contributed by atoms with Gasteiger partial charge in [0, 0.05) is 383 Å². The lowest BCUT2D eigenvalue weighted by molar-refractivity contribution is 0.321. The number of hydrogen-bond donors (Lipinski definition) is 2. The van der Waals surface area contributed by atoms with E-state index in [4.69, 9.17) is 233 Å². The van der Waals surface area contributed by atoms with Crippen molar-refractivity contribution in [2.75, 3.05) is 36.9 Å². The third-order valence-electron chi connectivity index (χ3n) is 14.2. The van der Waals surface area contributed by atoms with Crippen molar-refractivity contribution < 1.29 is 9.47 Å². The van der Waals surface area contributed by atoms with Gasteiger partial charge in [0.15, 0.2) is 17.3 Å². The molecule has 2 aliphatic heterocycles. The van der Waals surface area contributed by atoms with Crippen molar-refractivity contribution in [2.24, 2.45) is 0 Å². The minimum atomic E-state index is -1.44. The van der Waals surface area contributed by atoms with Crippen LogP contribution in [0.5, 0.6) is 11.5 Å². The van der Waals surface area contributed by atoms with E-state index in [1.165, 1.54) is 0 Å². The monoisotopic (exact) mass is 986 g/mol. The molecule has 288 valence electrons. The summed E-state index contributed by atoms with van der Waals surface area (Å²) in [4.78, 5) is 11.5. The van der Waals surface area contributed by atoms with Crippen LogP contribution in [0, 0.1) is 6.57 Å². The number of halogens is 1. The second kappa shape index (κ2) is 36.8. The highest BCUT2D eigenvalue weighted by molar-refractivity contribution is 9.10. The van der Waals surface area contributed by atoms with Crippen LogP contribution in [0.2, 0.25) is 0 Å². The Morgan fingerprint density at radius 2 is 0.577 bits per heavy atom. The Hall–Kier alpha value is 0.976. The standard InChI is InChI=1S/C8H7N3O.C7H7BrN2O.CH4.B54/c1-9-7-3-2-6-8(11-7)10-4-5-12-6;8-6-2-1-5-7(10-6)9-3-4-11-5;;1-29(2)43(30(3)4)50(44(31(5)6)32(7)8)53(49(41(25)26)42(27)28)54(51(45(33(9)10)34(11)12)46(35(13)14)36(15)16)52(47(37(17)18)38(19)20)48(39(21)22)40(23)24/h2-3H,4-5H2,(H,10,11);1-2H,3-4H2,(H,9,10);1H4;. The van der Waals surface area contributed by atoms with Crippen LogP contribution in [0.3, 0.4) is 0 Å². The molecular formula is C16H18B54BrN5O2. The van der Waals surface area contributed by atoms with Crippen molar-refractivity contribution >= 4 is 416 Å². The van der Waals surface area contributed by atoms with Crippen LogP contribution in [0.25, 0.3) is 4.85 Å². The molecular weight excluding hydrogens is 958 g/mol. The highest BCUT2D eigenvalue weighted by Crippen LogP contribution is 2.28. The Bertz CT molecular complexity index is 1890. The summed E-state index contributed by atoms with van der Waals surface area (Å²) in [6.07, 6.45) is -35.1. The van der Waals surface area contributed by atoms with Gasteiger partial charge in [-0.25, -0.2) is 4.98 Å². The van der Waals surface area contributed by atoms with E-state index >= 15 is 0 Å². The zero-order valence-corrected chi connectivity index (χ0v) is 44.9. The van der Waals surface area contributed by atoms with E-state index in [1.54, 1.807) is 12.1 Å². The van der Waals surface area contributed by atoms with Crippen molar-refractivity contribution in [3.05, 3.63) is 40.3 Å². The number of nitrogens with zero attached hydrogens (tertiary/aromatic N) is 3. The molecule has 7 nitrogen and oxygen atoms in total. The Morgan fingerprint density at radius 3 is 0.821 bits per heavy atom. The average Bonchev–Trinajstić information content (AvgIpc) is 3.29. The summed E-state index contributed by atoms with van der Waals surface area (Å²) in [6.45, 7) is 9.71. The predicted molar refractivity (Wildman–Crippen MR) is 408 cm³/mol. The SMILES string of the molecule is Brc1ccc2c(n1)NCCO2.C.[B]B([B])B(B([B])[B])B(B(B([B])[B])B([B])[B])B(B(B([B])[B])B([B])[B])B(B(B(B([B])[B])B([B])[B])B(B([B])[B])B([B])[B])B(B(B([B])[B])B([B])[B])B(B([B])[B])B([B])[B].[C-]#[N+]c1ccc2c(n1)NCCO2. The van der Waals surface area contributed by atoms with E-state index in [2.05, 4.69) is 41.4 Å². The maximum Gasteiger partial charge on any atom is 0.272 e. The molecule has 78 heavy (non-hydrogen) atoms. The maximum atomic E-state index is 6.75. The van der Waals surface area contributed by atoms with E-state index in [9.17, 15) is 0 Å². The van der Waals surface area contributed by atoms with Gasteiger partial charge in [0.1, 0.15) is 17.8 Å². The molecule has 0 fully saturated rings. The van der Waals surface area contributed by atoms with Crippen LogP contribution < -0.4 is 20.1 Å². The number of pyridine rings is 2. The van der Waals surface area contributed by atoms with Gasteiger partial charge in [0.25, 0.3) is 11.6 Å². The van der Waals surface area contributed by atoms with E-state index in [-0.39, 0.29) is 7.43 Å². The first-order valence-electron chi connectivity index (χ1n) is 24.7. The summed E-state index contributed by atoms with van der Waals surface area (Å²) in [7, 11) is 182. The largest absolute Gasteiger partial charge is 0.488 e. The van der Waals surface area contributed by atoms with Crippen molar-refractivity contribution in [3.8, 4) is 11.5 Å². The Balaban J connectivity index is 0.00000101. The molecule has 2 aliphatic rings. The van der Waals surface area contributed by atoms with Gasteiger partial charge in [-0.2, -0.15) is 0 Å². The summed E-state index contributed by atoms with van der Waals surface area (Å²) in [5.41, 5.74) is 0. The molecule has 56 radical (unpaired) electrons. The molecule has 0 unspecified atom stereocenters. The number of rotatable bonds is 25. The summed E-state index contributed by atoms with van der Waals surface area (Å²) in [5.74, 6) is 3.46. The van der Waals surface area contributed by atoms with Crippen LogP contribution in [0.4, 0.5) is 17.5 Å². The molecule has 0 spiro atoms. The highest BCUT2D eigenvalue weighted by atomic mass is 79.9. The van der Waals surface area contributed by atoms with Gasteiger partial charge in [-0.15, -0.1) is 0 Å². The molecule has 2 N–H and O–H groups in total. The Labute approximate surface area is 527 Å². The first-order valence-corrected chi connectivity index (χ1v) is 25.5. The number of anilines is 2. The Kier molecular flexibility index (Phi) is 36.4. The van der Waals surface area contributed by atoms with Crippen LogP contribution in [0.1, 0.15) is 7.43 Å². The van der Waals surface area contributed by atoms with E-state index < -0.39 is 166 Å². The van der Waals surface area contributed by atoms with Gasteiger partial charge >= 0.3 is 0 Å². The third kappa shape index (κ3) is 21.7. The summed E-state index contributed by atoms with van der Waals surface area (Å²) < 4.78 is 11.5. The minimum Gasteiger partial charge on any atom is -0.488 e. The van der Waals surface area contributed by atoms with Crippen LogP contribution in [0.15, 0.2) is 28.9 Å². The molecule has 4 rings (SSSR count). The first-order chi connectivity index (χ1) is 35.8. The molecule has 2 aromatic heterocycles. The topological polar surface area (TPSA) is 72.7 Å². The summed E-state index contributed by atoms with van der Waals surface area (Å²) >= 11 is 3.28. The number of nitrogens with one attached hydrogen (secondary N) is 2. The average molecular weight is 976 g/mol. The lowest BCUT2D eigenvalue weighted by atomic mass is 8.24. The van der Waals surface area contributed by atoms with Gasteiger partial charge < -0.3 is 25.0 Å². The molecule has 0 atom stereocenters. The zero-order valence-electron chi connectivity index (χ0n) is 43.4. The van der Waals surface area contributed by atoms with Gasteiger partial charge in [-0.05, 0) is 40.2 Å². The number of aromatic nitrogens is 2. The summed E-state index contributed by atoms with van der Waals surface area (Å²) in [6, 6.07) is 7.19. The molecule has 4 heterocycles. The lowest BCUT2D eigenvalue weighted by Gasteiger charge is -2.58. The normalized spacial score (nSPS) is 10.9. The molecule has 0 aliphatic carbocycles. The van der Waals surface area contributed by atoms with Gasteiger partial charge in [0.05, 0.1) is 13.1 Å². The van der Waals surface area contributed by atoms with Crippen molar-refractivity contribution in [2.45, 2.75) is 7.43 Å². The number of hydrogen-bond acceptors (Lipinski definition) is 6. The molecule has 0 aromatic carbocycles. The van der Waals surface area contributed by atoms with Crippen LogP contribution in [-0.4, -0.2) is 419 Å². The van der Waals surface area contributed by atoms with Crippen molar-refractivity contribution in [1.82, 2.24) is 9.97 Å². The molecule has 2 aromatic rings. The molecule has 0 saturated carbocycles. The minimum absolute atomic E-state index is 0. The number of ether oxygens (including phenoxy) is 2. The molecule has 62 heteroatoms. The van der Waals surface area contributed by atoms with E-state index in [0.717, 1.165) is 41.6 Å². The third-order valence-corrected chi connectivity index (χ3v) is 14.6. The quantitative estimate of drug-likeness (QED) is 0.0587. The highest BCUT2D eigenvalue weighted by Gasteiger charge is 2.61. The second-order valence-electron chi connectivity index (χ2n) is 19.7. The number of fused-ring (bicyclic) bond motifs is 2. The van der Waals surface area contributed by atoms with Crippen molar-refractivity contribution in [1.29, 1.82) is 0 Å². The van der Waals surface area contributed by atoms with Gasteiger partial charge in [-0.3, -0.25) is 0 Å². The molecule has 0 bridgehead atoms. The van der Waals surface area contributed by atoms with Gasteiger partial charge in [0.2, 0.25) is 0 Å². The smallest absolute Gasteiger partial charge is 0.272 e. The van der Waals surface area contributed by atoms with Crippen molar-refractivity contribution in [3.63, 3.8) is 0 Å². The summed E-state index contributed by atoms with van der Waals surface area (Å²) in [5, 5.41) is 6.20. The fourth-order valence-electron chi connectivity index (χ4n) is 11.3. The first kappa shape index (κ1) is 77.0. The fourth-order valence-corrected chi connectivity index (χ4v) is 11.6. The lowest BCUT2D eigenvalue weighted by Crippen LogP contribution is -2.96. The predicted octanol–water partition coefficient (Wildman–Crippen LogP) is -16.8. The Morgan fingerprint density at radius 1 is 0.359 bits per heavy atom. The van der Waals surface area contributed by atoms with Gasteiger partial charge in [-0.1, -0.05) is 19.0 Å². The molecule has 0 amide bonds.